The average Bonchev–Trinajstić information content (AvgIpc) is 3.43. The van der Waals surface area contributed by atoms with Crippen molar-refractivity contribution < 1.29 is 13.2 Å². The fourth-order valence-corrected chi connectivity index (χ4v) is 6.63. The summed E-state index contributed by atoms with van der Waals surface area (Å²) in [5, 5.41) is 7.22. The molecule has 2 aromatic heterocycles. The van der Waals surface area contributed by atoms with Crippen molar-refractivity contribution >= 4 is 55.3 Å². The Labute approximate surface area is 175 Å². The Kier molecular flexibility index (Phi) is 5.52. The lowest BCUT2D eigenvalue weighted by Gasteiger charge is -2.15. The van der Waals surface area contributed by atoms with Crippen LogP contribution in [0.4, 0.5) is 5.13 Å². The molecule has 1 amide bonds. The molecule has 6 nitrogen and oxygen atoms in total. The summed E-state index contributed by atoms with van der Waals surface area (Å²) in [7, 11) is -3.65. The van der Waals surface area contributed by atoms with Gasteiger partial charge in [-0.05, 0) is 36.4 Å². The van der Waals surface area contributed by atoms with E-state index >= 15 is 0 Å². The van der Waals surface area contributed by atoms with Gasteiger partial charge < -0.3 is 0 Å². The van der Waals surface area contributed by atoms with Crippen molar-refractivity contribution in [3.8, 4) is 11.3 Å². The molecule has 0 aliphatic carbocycles. The molecule has 10 heteroatoms. The number of nitrogens with zero attached hydrogens (tertiary/aromatic N) is 2. The second-order valence-corrected chi connectivity index (χ2v) is 10.3. The van der Waals surface area contributed by atoms with Gasteiger partial charge in [0.2, 0.25) is 10.0 Å². The van der Waals surface area contributed by atoms with Gasteiger partial charge in [-0.3, -0.25) is 10.1 Å². The van der Waals surface area contributed by atoms with Gasteiger partial charge in [-0.25, -0.2) is 13.4 Å². The zero-order chi connectivity index (χ0) is 19.7. The van der Waals surface area contributed by atoms with Crippen LogP contribution in [-0.2, 0) is 10.0 Å². The van der Waals surface area contributed by atoms with Crippen LogP contribution in [0.15, 0.2) is 46.0 Å². The molecule has 0 unspecified atom stereocenters. The van der Waals surface area contributed by atoms with Gasteiger partial charge in [0.25, 0.3) is 5.91 Å². The third-order valence-corrected chi connectivity index (χ3v) is 8.38. The third-order valence-electron chi connectivity index (χ3n) is 4.38. The van der Waals surface area contributed by atoms with E-state index in [1.54, 1.807) is 17.5 Å². The number of nitrogens with one attached hydrogen (secondary N) is 1. The Morgan fingerprint density at radius 1 is 1.11 bits per heavy atom. The minimum absolute atomic E-state index is 0.0615. The first-order chi connectivity index (χ1) is 13.4. The van der Waals surface area contributed by atoms with E-state index in [1.807, 2.05) is 17.5 Å². The predicted molar refractivity (Wildman–Crippen MR) is 113 cm³/mol. The lowest BCUT2D eigenvalue weighted by Crippen LogP contribution is -2.29. The molecule has 3 aromatic rings. The second-order valence-electron chi connectivity index (χ2n) is 6.22. The van der Waals surface area contributed by atoms with Crippen molar-refractivity contribution in [1.29, 1.82) is 0 Å². The van der Waals surface area contributed by atoms with Crippen molar-refractivity contribution in [2.45, 2.75) is 17.7 Å². The molecule has 146 valence electrons. The third kappa shape index (κ3) is 3.85. The quantitative estimate of drug-likeness (QED) is 0.614. The van der Waals surface area contributed by atoms with Crippen molar-refractivity contribution in [3.05, 3.63) is 51.0 Å². The topological polar surface area (TPSA) is 79.4 Å². The summed E-state index contributed by atoms with van der Waals surface area (Å²) in [4.78, 5) is 17.4. The highest BCUT2D eigenvalue weighted by atomic mass is 35.5. The number of carbonyl (C=O) groups excluding carboxylic acids is 1. The van der Waals surface area contributed by atoms with E-state index in [-0.39, 0.29) is 9.77 Å². The second kappa shape index (κ2) is 7.92. The van der Waals surface area contributed by atoms with Gasteiger partial charge in [0.1, 0.15) is 9.77 Å². The normalized spacial score (nSPS) is 15.0. The standard InChI is InChI=1S/C18H16ClN3O3S3/c19-13-5-3-12(4-6-13)14-11-27-18(20-14)21-17(23)16-15(7-10-26-16)28(24,25)22-8-1-2-9-22/h3-7,10-11H,1-2,8-9H2,(H,20,21,23). The Bertz CT molecular complexity index is 1100. The van der Waals surface area contributed by atoms with E-state index in [0.717, 1.165) is 29.7 Å². The highest BCUT2D eigenvalue weighted by molar-refractivity contribution is 7.89. The van der Waals surface area contributed by atoms with E-state index in [9.17, 15) is 13.2 Å². The number of rotatable bonds is 5. The first-order valence-electron chi connectivity index (χ1n) is 8.55. The Morgan fingerprint density at radius 2 is 1.82 bits per heavy atom. The van der Waals surface area contributed by atoms with E-state index < -0.39 is 15.9 Å². The van der Waals surface area contributed by atoms with Crippen LogP contribution in [0.2, 0.25) is 5.02 Å². The first kappa shape index (κ1) is 19.5. The molecule has 3 heterocycles. The molecule has 0 atom stereocenters. The first-order valence-corrected chi connectivity index (χ1v) is 12.1. The maximum atomic E-state index is 12.8. The van der Waals surface area contributed by atoms with Crippen LogP contribution in [0.1, 0.15) is 22.5 Å². The summed E-state index contributed by atoms with van der Waals surface area (Å²) in [6, 6.07) is 8.74. The van der Waals surface area contributed by atoms with Gasteiger partial charge in [-0.1, -0.05) is 23.7 Å². The van der Waals surface area contributed by atoms with Crippen molar-refractivity contribution in [3.63, 3.8) is 0 Å². The Hall–Kier alpha value is -1.78. The smallest absolute Gasteiger partial charge is 0.268 e. The van der Waals surface area contributed by atoms with Crippen LogP contribution >= 0.6 is 34.3 Å². The van der Waals surface area contributed by atoms with E-state index in [1.165, 1.54) is 21.7 Å². The molecule has 1 aromatic carbocycles. The van der Waals surface area contributed by atoms with Gasteiger partial charge in [-0.15, -0.1) is 22.7 Å². The van der Waals surface area contributed by atoms with Gasteiger partial charge in [-0.2, -0.15) is 4.31 Å². The number of anilines is 1. The molecule has 4 rings (SSSR count). The molecule has 0 bridgehead atoms. The zero-order valence-corrected chi connectivity index (χ0v) is 17.8. The number of amides is 1. The van der Waals surface area contributed by atoms with Gasteiger partial charge in [0, 0.05) is 29.1 Å². The lowest BCUT2D eigenvalue weighted by molar-refractivity contribution is 0.102. The molecule has 1 aliphatic rings. The van der Waals surface area contributed by atoms with E-state index in [0.29, 0.717) is 28.9 Å². The minimum atomic E-state index is -3.65. The summed E-state index contributed by atoms with van der Waals surface area (Å²) >= 11 is 8.30. The maximum Gasteiger partial charge on any atom is 0.268 e. The summed E-state index contributed by atoms with van der Waals surface area (Å²) in [6.07, 6.45) is 1.69. The largest absolute Gasteiger partial charge is 0.297 e. The summed E-state index contributed by atoms with van der Waals surface area (Å²) in [5.74, 6) is -0.468. The number of thiazole rings is 1. The molecule has 28 heavy (non-hydrogen) atoms. The van der Waals surface area contributed by atoms with Crippen LogP contribution in [0.5, 0.6) is 0 Å². The number of carbonyl (C=O) groups is 1. The van der Waals surface area contributed by atoms with Gasteiger partial charge >= 0.3 is 0 Å². The lowest BCUT2D eigenvalue weighted by atomic mass is 10.2. The summed E-state index contributed by atoms with van der Waals surface area (Å²) < 4.78 is 27.1. The minimum Gasteiger partial charge on any atom is -0.297 e. The monoisotopic (exact) mass is 453 g/mol. The van der Waals surface area contributed by atoms with Crippen molar-refractivity contribution in [2.75, 3.05) is 18.4 Å². The molecule has 1 aliphatic heterocycles. The highest BCUT2D eigenvalue weighted by Crippen LogP contribution is 2.30. The molecule has 0 saturated carbocycles. The van der Waals surface area contributed by atoms with Crippen LogP contribution in [0.3, 0.4) is 0 Å². The molecule has 1 saturated heterocycles. The highest BCUT2D eigenvalue weighted by Gasteiger charge is 2.32. The van der Waals surface area contributed by atoms with Crippen LogP contribution in [0, 0.1) is 0 Å². The summed E-state index contributed by atoms with van der Waals surface area (Å²) in [5.41, 5.74) is 1.60. The number of benzene rings is 1. The zero-order valence-electron chi connectivity index (χ0n) is 14.6. The van der Waals surface area contributed by atoms with Gasteiger partial charge in [0.15, 0.2) is 5.13 Å². The van der Waals surface area contributed by atoms with Crippen molar-refractivity contribution in [1.82, 2.24) is 9.29 Å². The van der Waals surface area contributed by atoms with Crippen LogP contribution in [0.25, 0.3) is 11.3 Å². The maximum absolute atomic E-state index is 12.8. The molecular formula is C18H16ClN3O3S3. The average molecular weight is 454 g/mol. The molecule has 0 spiro atoms. The number of sulfonamides is 1. The Morgan fingerprint density at radius 3 is 2.54 bits per heavy atom. The fraction of sp³-hybridized carbons (Fsp3) is 0.222. The van der Waals surface area contributed by atoms with E-state index in [2.05, 4.69) is 10.3 Å². The number of hydrogen-bond donors (Lipinski definition) is 1. The number of aromatic nitrogens is 1. The van der Waals surface area contributed by atoms with Crippen LogP contribution in [-0.4, -0.2) is 36.7 Å². The number of halogens is 1. The number of thiophene rings is 1. The van der Waals surface area contributed by atoms with Crippen LogP contribution < -0.4 is 5.32 Å². The number of hydrogen-bond acceptors (Lipinski definition) is 6. The molecule has 1 N–H and O–H groups in total. The van der Waals surface area contributed by atoms with Crippen molar-refractivity contribution in [2.24, 2.45) is 0 Å². The van der Waals surface area contributed by atoms with Gasteiger partial charge in [0.05, 0.1) is 5.69 Å². The fourth-order valence-electron chi connectivity index (χ4n) is 2.97. The van der Waals surface area contributed by atoms with E-state index in [4.69, 9.17) is 11.6 Å². The Balaban J connectivity index is 1.54. The summed E-state index contributed by atoms with van der Waals surface area (Å²) in [6.45, 7) is 0.992. The predicted octanol–water partition coefficient (Wildman–Crippen LogP) is 4.56. The molecule has 0 radical (unpaired) electrons. The molecular weight excluding hydrogens is 438 g/mol. The molecule has 1 fully saturated rings. The SMILES string of the molecule is O=C(Nc1nc(-c2ccc(Cl)cc2)cs1)c1sccc1S(=O)(=O)N1CCCC1.